The maximum Gasteiger partial charge on any atom is 0.264 e. The summed E-state index contributed by atoms with van der Waals surface area (Å²) in [4.78, 5) is 77.4. The summed E-state index contributed by atoms with van der Waals surface area (Å²) in [5, 5.41) is 32.6. The van der Waals surface area contributed by atoms with Crippen molar-refractivity contribution in [2.45, 2.75) is 40.5 Å². The van der Waals surface area contributed by atoms with Crippen LogP contribution in [0.15, 0.2) is 359 Å². The van der Waals surface area contributed by atoms with Gasteiger partial charge in [0.05, 0.1) is 80.5 Å². The number of aryl methyl sites for hydroxylation is 4. The van der Waals surface area contributed by atoms with E-state index < -0.39 is 0 Å². The zero-order valence-electron chi connectivity index (χ0n) is 66.7. The van der Waals surface area contributed by atoms with E-state index in [1.807, 2.05) is 194 Å². The molecule has 0 aliphatic heterocycles. The Morgan fingerprint density at radius 1 is 0.287 bits per heavy atom. The summed E-state index contributed by atoms with van der Waals surface area (Å²) in [6, 6.07) is 113. The lowest BCUT2D eigenvalue weighted by atomic mass is 10.0. The maximum absolute atomic E-state index is 13.0. The van der Waals surface area contributed by atoms with Gasteiger partial charge < -0.3 is 0 Å². The Morgan fingerprint density at radius 2 is 0.549 bits per heavy atom. The number of rotatable bonds is 2. The summed E-state index contributed by atoms with van der Waals surface area (Å²) in [6.45, 7) is 22.9. The van der Waals surface area contributed by atoms with E-state index in [9.17, 15) is 19.2 Å². The number of pyridine rings is 4. The van der Waals surface area contributed by atoms with Gasteiger partial charge in [0, 0.05) is 64.6 Å². The van der Waals surface area contributed by atoms with Gasteiger partial charge in [0.15, 0.2) is 11.4 Å². The SMILES string of the molecule is CCc1ccccc1.CCc1ccccc1.Cc1ccccc1.Cc1ccccc1.N#Cc1ccc2c(c1)nc1c3cccc4cccc(c(=O)n21)c43.N#Cc1ccc2c(c1)nc1c3cccc4cccc(c(=O)n21)c43.[C-]#[N+]c1ccc2nc3c4cccc5cccc(c(=O)n3c2c1)c54.[C-]#[N+]c1ccc2nc3c4cccc5cccc(c(=O)n3c2c1)c54. The summed E-state index contributed by atoms with van der Waals surface area (Å²) < 4.78 is 6.55. The molecule has 0 fully saturated rings. The van der Waals surface area contributed by atoms with Crippen LogP contribution in [0.1, 0.15) is 47.2 Å². The van der Waals surface area contributed by atoms with Crippen LogP contribution in [-0.2, 0) is 12.8 Å². The molecule has 0 saturated heterocycles. The molecule has 0 atom stereocenters. The minimum atomic E-state index is -0.0890. The van der Waals surface area contributed by atoms with Gasteiger partial charge >= 0.3 is 0 Å². The molecule has 24 rings (SSSR count). The Kier molecular flexibility index (Phi) is 21.5. The molecule has 0 radical (unpaired) electrons. The van der Waals surface area contributed by atoms with Gasteiger partial charge in [-0.15, -0.1) is 0 Å². The van der Waals surface area contributed by atoms with Gasteiger partial charge in [0.2, 0.25) is 0 Å². The fraction of sp³-hybridized carbons (Fsp3) is 0.0566. The molecular weight excluding hydrogens is 1510 g/mol. The van der Waals surface area contributed by atoms with Crippen molar-refractivity contribution in [3.63, 3.8) is 0 Å². The Bertz CT molecular complexity index is 7920. The number of nitrogens with zero attached hydrogens (tertiary/aromatic N) is 12. The highest BCUT2D eigenvalue weighted by Crippen LogP contribution is 2.36. The van der Waals surface area contributed by atoms with Gasteiger partial charge in [0.25, 0.3) is 22.2 Å². The number of nitriles is 2. The topological polar surface area (TPSA) is 194 Å². The quantitative estimate of drug-likeness (QED) is 0.150. The van der Waals surface area contributed by atoms with Crippen LogP contribution < -0.4 is 22.2 Å². The zero-order valence-corrected chi connectivity index (χ0v) is 66.7. The predicted octanol–water partition coefficient (Wildman–Crippen LogP) is 23.7. The molecule has 16 nitrogen and oxygen atoms in total. The van der Waals surface area contributed by atoms with Gasteiger partial charge in [-0.3, -0.25) is 36.8 Å². The van der Waals surface area contributed by atoms with E-state index in [4.69, 9.17) is 23.7 Å². The molecule has 8 heterocycles. The first-order chi connectivity index (χ1) is 59.8. The summed E-state index contributed by atoms with van der Waals surface area (Å²) in [5.41, 5.74) is 15.4. The molecule has 16 heteroatoms. The summed E-state index contributed by atoms with van der Waals surface area (Å²) in [6.07, 6.45) is 2.28. The Morgan fingerprint density at radius 3 is 0.795 bits per heavy atom. The standard InChI is InChI=1S/4C19H9N3O.2C8H10.2C7H8/c2*1-20-12-8-9-15-16(10-12)22-18(21-15)13-6-2-4-11-5-3-7-14(17(11)13)19(22)23;2*20-10-11-7-8-16-15(9-11)21-18-13-5-1-3-12-4-2-6-14(17(12)13)19(23)22(16)18;2*1-2-8-6-4-3-5-7-8;2*1-7-5-3-2-4-6-7/h2*2-10H;2*1-9H;2*3-7H,2H2,1H3;2*2-6H,1H3. The van der Waals surface area contributed by atoms with Crippen molar-refractivity contribution in [3.8, 4) is 12.1 Å². The van der Waals surface area contributed by atoms with Crippen LogP contribution in [0.3, 0.4) is 0 Å². The maximum atomic E-state index is 13.0. The first-order valence-corrected chi connectivity index (χ1v) is 39.8. The molecule has 0 amide bonds. The highest BCUT2D eigenvalue weighted by molar-refractivity contribution is 6.19. The van der Waals surface area contributed by atoms with E-state index in [-0.39, 0.29) is 22.2 Å². The first kappa shape index (κ1) is 77.6. The van der Waals surface area contributed by atoms with E-state index in [1.165, 1.54) is 22.3 Å². The lowest BCUT2D eigenvalue weighted by Gasteiger charge is -2.06. The predicted molar refractivity (Wildman–Crippen MR) is 497 cm³/mol. The lowest BCUT2D eigenvalue weighted by Crippen LogP contribution is -2.13. The number of hydrogen-bond donors (Lipinski definition) is 0. The molecule has 0 bridgehead atoms. The van der Waals surface area contributed by atoms with Crippen molar-refractivity contribution < 1.29 is 0 Å². The van der Waals surface area contributed by atoms with Gasteiger partial charge in [-0.2, -0.15) is 10.5 Å². The second-order valence-electron chi connectivity index (χ2n) is 29.3. The van der Waals surface area contributed by atoms with Crippen molar-refractivity contribution in [1.29, 1.82) is 10.5 Å². The van der Waals surface area contributed by atoms with Crippen LogP contribution in [0.2, 0.25) is 0 Å². The number of aromatic nitrogens is 8. The Balaban J connectivity index is 0.000000104. The third-order valence-electron chi connectivity index (χ3n) is 21.8. The van der Waals surface area contributed by atoms with Gasteiger partial charge in [-0.1, -0.05) is 280 Å². The van der Waals surface area contributed by atoms with Gasteiger partial charge in [-0.05, 0) is 144 Å². The van der Waals surface area contributed by atoms with Crippen LogP contribution in [0.5, 0.6) is 0 Å². The second kappa shape index (κ2) is 33.7. The molecule has 580 valence electrons. The lowest BCUT2D eigenvalue weighted by molar-refractivity contribution is 1.14. The number of imidazole rings is 4. The molecule has 0 aliphatic rings. The molecule has 0 saturated carbocycles. The average Bonchev–Trinajstić information content (AvgIpc) is 1.55. The van der Waals surface area contributed by atoms with E-state index in [2.05, 4.69) is 142 Å². The van der Waals surface area contributed by atoms with E-state index >= 15 is 0 Å². The van der Waals surface area contributed by atoms with Crippen LogP contribution in [-0.4, -0.2) is 37.5 Å². The highest BCUT2D eigenvalue weighted by atomic mass is 16.1. The van der Waals surface area contributed by atoms with Crippen molar-refractivity contribution in [2.75, 3.05) is 0 Å². The molecule has 0 spiro atoms. The van der Waals surface area contributed by atoms with E-state index in [0.717, 1.165) is 99.5 Å². The van der Waals surface area contributed by atoms with Crippen LogP contribution >= 0.6 is 0 Å². The van der Waals surface area contributed by atoms with Gasteiger partial charge in [0.1, 0.15) is 22.6 Å². The average molecular weight is 1580 g/mol. The Hall–Kier alpha value is -16.9. The molecule has 8 aromatic heterocycles. The molecule has 0 unspecified atom stereocenters. The van der Waals surface area contributed by atoms with Crippen molar-refractivity contribution in [3.05, 3.63) is 437 Å². The highest BCUT2D eigenvalue weighted by Gasteiger charge is 2.21. The fourth-order valence-corrected chi connectivity index (χ4v) is 15.9. The second-order valence-corrected chi connectivity index (χ2v) is 29.3. The monoisotopic (exact) mass is 1580 g/mol. The number of benzene rings is 16. The number of hydrogen-bond acceptors (Lipinski definition) is 10. The molecule has 0 N–H and O–H groups in total. The fourth-order valence-electron chi connectivity index (χ4n) is 15.9. The summed E-state index contributed by atoms with van der Waals surface area (Å²) in [7, 11) is 0. The van der Waals surface area contributed by atoms with Crippen LogP contribution in [0, 0.1) is 49.7 Å². The summed E-state index contributed by atoms with van der Waals surface area (Å²) in [5.74, 6) is 0. The zero-order chi connectivity index (χ0) is 84.1. The minimum Gasteiger partial charge on any atom is -0.268 e. The van der Waals surface area contributed by atoms with Crippen molar-refractivity contribution in [2.24, 2.45) is 0 Å². The van der Waals surface area contributed by atoms with E-state index in [1.54, 1.807) is 90.4 Å². The van der Waals surface area contributed by atoms with Crippen LogP contribution in [0.4, 0.5) is 11.4 Å². The largest absolute Gasteiger partial charge is 0.268 e. The van der Waals surface area contributed by atoms with Crippen LogP contribution in [0.25, 0.3) is 163 Å². The third-order valence-corrected chi connectivity index (χ3v) is 21.8. The van der Waals surface area contributed by atoms with Gasteiger partial charge in [-0.25, -0.2) is 29.6 Å². The molecule has 0 aliphatic carbocycles. The normalized spacial score (nSPS) is 11.0. The smallest absolute Gasteiger partial charge is 0.264 e. The molecule has 122 heavy (non-hydrogen) atoms. The first-order valence-electron chi connectivity index (χ1n) is 39.8. The minimum absolute atomic E-state index is 0.0727. The molecule has 16 aromatic carbocycles. The summed E-state index contributed by atoms with van der Waals surface area (Å²) >= 11 is 0. The third kappa shape index (κ3) is 14.6. The van der Waals surface area contributed by atoms with Crippen molar-refractivity contribution in [1.82, 2.24) is 37.5 Å². The Labute approximate surface area is 698 Å². The van der Waals surface area contributed by atoms with Crippen molar-refractivity contribution >= 4 is 164 Å². The van der Waals surface area contributed by atoms with E-state index in [0.29, 0.717) is 88.7 Å². The number of fused-ring (bicyclic) bond motifs is 16. The molecular formula is C106H72N12O4. The molecule has 24 aromatic rings.